The van der Waals surface area contributed by atoms with E-state index < -0.39 is 0 Å². The first-order valence-corrected chi connectivity index (χ1v) is 4.54. The van der Waals surface area contributed by atoms with Crippen LogP contribution in [-0.2, 0) is 0 Å². The maximum absolute atomic E-state index is 8.49. The fraction of sp³-hybridized carbons (Fsp3) is 0.667. The first-order valence-electron chi connectivity index (χ1n) is 3.77. The van der Waals surface area contributed by atoms with Crippen LogP contribution in [0.1, 0.15) is 12.8 Å². The van der Waals surface area contributed by atoms with Gasteiger partial charge in [0.15, 0.2) is 0 Å². The van der Waals surface area contributed by atoms with E-state index in [4.69, 9.17) is 10.8 Å². The molecule has 1 rings (SSSR count). The highest BCUT2D eigenvalue weighted by atomic mass is 32.1. The van der Waals surface area contributed by atoms with Crippen molar-refractivity contribution in [2.75, 3.05) is 24.2 Å². The molecule has 1 heterocycles. The summed E-state index contributed by atoms with van der Waals surface area (Å²) in [6, 6.07) is 0. The Morgan fingerprint density at radius 3 is 2.92 bits per heavy atom. The lowest BCUT2D eigenvalue weighted by Gasteiger charge is -1.98. The van der Waals surface area contributed by atoms with Gasteiger partial charge in [0.2, 0.25) is 11.1 Å². The highest BCUT2D eigenvalue weighted by molar-refractivity contribution is 7.09. The van der Waals surface area contributed by atoms with Crippen LogP contribution < -0.4 is 11.1 Å². The summed E-state index contributed by atoms with van der Waals surface area (Å²) in [5, 5.41) is 12.3. The number of hydrogen-bond donors (Lipinski definition) is 3. The summed E-state index contributed by atoms with van der Waals surface area (Å²) >= 11 is 1.25. The highest BCUT2D eigenvalue weighted by Crippen LogP contribution is 2.11. The first kappa shape index (κ1) is 9.21. The predicted octanol–water partition coefficient (Wildman–Crippen LogP) is 0.305. The van der Waals surface area contributed by atoms with Crippen LogP contribution in [0.3, 0.4) is 0 Å². The molecule has 5 nitrogen and oxygen atoms in total. The van der Waals surface area contributed by atoms with Crippen molar-refractivity contribution in [2.45, 2.75) is 12.8 Å². The number of aromatic nitrogens is 2. The van der Waals surface area contributed by atoms with E-state index in [1.807, 2.05) is 0 Å². The number of nitrogens with one attached hydrogen (secondary N) is 1. The van der Waals surface area contributed by atoms with Crippen LogP contribution in [0.15, 0.2) is 0 Å². The Morgan fingerprint density at radius 2 is 2.33 bits per heavy atom. The molecule has 0 saturated heterocycles. The summed E-state index contributed by atoms with van der Waals surface area (Å²) < 4.78 is 3.81. The average molecular weight is 188 g/mol. The van der Waals surface area contributed by atoms with Crippen molar-refractivity contribution in [2.24, 2.45) is 0 Å². The Hall–Kier alpha value is -0.880. The molecule has 0 aliphatic heterocycles. The van der Waals surface area contributed by atoms with E-state index in [-0.39, 0.29) is 6.61 Å². The minimum Gasteiger partial charge on any atom is -0.396 e. The van der Waals surface area contributed by atoms with E-state index in [9.17, 15) is 0 Å². The summed E-state index contributed by atoms with van der Waals surface area (Å²) in [5.41, 5.74) is 5.32. The predicted molar refractivity (Wildman–Crippen MR) is 49.1 cm³/mol. The van der Waals surface area contributed by atoms with Crippen LogP contribution in [-0.4, -0.2) is 27.6 Å². The lowest BCUT2D eigenvalue weighted by atomic mass is 10.3. The SMILES string of the molecule is Nc1nsc(NCCCCO)n1. The summed E-state index contributed by atoms with van der Waals surface area (Å²) in [6.07, 6.45) is 1.73. The van der Waals surface area contributed by atoms with Crippen molar-refractivity contribution >= 4 is 22.6 Å². The summed E-state index contributed by atoms with van der Waals surface area (Å²) in [6.45, 7) is 1.04. The Bertz CT molecular complexity index is 227. The molecule has 1 aromatic heterocycles. The fourth-order valence-electron chi connectivity index (χ4n) is 0.739. The molecule has 0 aliphatic carbocycles. The zero-order chi connectivity index (χ0) is 8.81. The van der Waals surface area contributed by atoms with Gasteiger partial charge in [0.25, 0.3) is 0 Å². The number of nitrogen functional groups attached to an aromatic ring is 1. The number of anilines is 2. The molecule has 0 amide bonds. The van der Waals surface area contributed by atoms with E-state index >= 15 is 0 Å². The zero-order valence-corrected chi connectivity index (χ0v) is 7.47. The van der Waals surface area contributed by atoms with Crippen molar-refractivity contribution in [1.29, 1.82) is 0 Å². The molecule has 0 atom stereocenters. The number of unbranched alkanes of at least 4 members (excludes halogenated alkanes) is 1. The normalized spacial score (nSPS) is 10.1. The summed E-state index contributed by atoms with van der Waals surface area (Å²) in [4.78, 5) is 3.92. The molecule has 1 aromatic rings. The minimum absolute atomic E-state index is 0.236. The number of nitrogens with two attached hydrogens (primary N) is 1. The van der Waals surface area contributed by atoms with Gasteiger partial charge in [-0.25, -0.2) is 0 Å². The van der Waals surface area contributed by atoms with Gasteiger partial charge in [0.1, 0.15) is 0 Å². The van der Waals surface area contributed by atoms with Crippen molar-refractivity contribution in [3.05, 3.63) is 0 Å². The number of nitrogens with zero attached hydrogens (tertiary/aromatic N) is 2. The van der Waals surface area contributed by atoms with Crippen molar-refractivity contribution in [1.82, 2.24) is 9.36 Å². The molecular weight excluding hydrogens is 176 g/mol. The number of aliphatic hydroxyl groups is 1. The van der Waals surface area contributed by atoms with E-state index in [1.54, 1.807) is 0 Å². The standard InChI is InChI=1S/C6H12N4OS/c7-5-9-6(12-10-5)8-3-1-2-4-11/h11H,1-4H2,(H3,7,8,9,10). The Kier molecular flexibility index (Phi) is 3.75. The van der Waals surface area contributed by atoms with Crippen molar-refractivity contribution in [3.8, 4) is 0 Å². The van der Waals surface area contributed by atoms with Gasteiger partial charge in [-0.1, -0.05) is 0 Å². The van der Waals surface area contributed by atoms with Crippen LogP contribution in [0.25, 0.3) is 0 Å². The van der Waals surface area contributed by atoms with Crippen LogP contribution in [0.4, 0.5) is 11.1 Å². The van der Waals surface area contributed by atoms with Crippen LogP contribution in [0, 0.1) is 0 Å². The van der Waals surface area contributed by atoms with Gasteiger partial charge < -0.3 is 16.2 Å². The molecule has 12 heavy (non-hydrogen) atoms. The van der Waals surface area contributed by atoms with Crippen molar-refractivity contribution < 1.29 is 5.11 Å². The van der Waals surface area contributed by atoms with E-state index in [0.29, 0.717) is 5.95 Å². The molecule has 0 bridgehead atoms. The molecular formula is C6H12N4OS. The van der Waals surface area contributed by atoms with Gasteiger partial charge in [-0.15, -0.1) is 0 Å². The molecule has 0 fully saturated rings. The zero-order valence-electron chi connectivity index (χ0n) is 6.66. The molecule has 0 radical (unpaired) electrons. The average Bonchev–Trinajstić information content (AvgIpc) is 2.45. The van der Waals surface area contributed by atoms with Crippen LogP contribution in [0.5, 0.6) is 0 Å². The number of rotatable bonds is 5. The van der Waals surface area contributed by atoms with E-state index in [1.165, 1.54) is 11.5 Å². The summed E-state index contributed by atoms with van der Waals surface area (Å²) in [7, 11) is 0. The molecule has 0 saturated carbocycles. The minimum atomic E-state index is 0.236. The van der Waals surface area contributed by atoms with Gasteiger partial charge in [0, 0.05) is 24.7 Å². The second-order valence-electron chi connectivity index (χ2n) is 2.32. The molecule has 0 spiro atoms. The smallest absolute Gasteiger partial charge is 0.233 e. The van der Waals surface area contributed by atoms with Gasteiger partial charge >= 0.3 is 0 Å². The van der Waals surface area contributed by atoms with Crippen LogP contribution >= 0.6 is 11.5 Å². The molecule has 4 N–H and O–H groups in total. The molecule has 68 valence electrons. The fourth-order valence-corrected chi connectivity index (χ4v) is 1.26. The highest BCUT2D eigenvalue weighted by Gasteiger charge is 1.97. The van der Waals surface area contributed by atoms with Crippen LogP contribution in [0.2, 0.25) is 0 Å². The van der Waals surface area contributed by atoms with Crippen molar-refractivity contribution in [3.63, 3.8) is 0 Å². The van der Waals surface area contributed by atoms with Gasteiger partial charge in [-0.3, -0.25) is 0 Å². The topological polar surface area (TPSA) is 84.1 Å². The van der Waals surface area contributed by atoms with Gasteiger partial charge in [-0.05, 0) is 12.8 Å². The largest absolute Gasteiger partial charge is 0.396 e. The van der Waals surface area contributed by atoms with Gasteiger partial charge in [-0.2, -0.15) is 9.36 Å². The lowest BCUT2D eigenvalue weighted by molar-refractivity contribution is 0.286. The Labute approximate surface area is 74.8 Å². The van der Waals surface area contributed by atoms with Gasteiger partial charge in [0.05, 0.1) is 0 Å². The third kappa shape index (κ3) is 3.02. The quantitative estimate of drug-likeness (QED) is 0.579. The third-order valence-electron chi connectivity index (χ3n) is 1.30. The number of aliphatic hydroxyl groups excluding tert-OH is 1. The maximum atomic E-state index is 8.49. The Morgan fingerprint density at radius 1 is 1.50 bits per heavy atom. The second kappa shape index (κ2) is 4.89. The molecule has 0 aliphatic rings. The Balaban J connectivity index is 2.15. The number of hydrogen-bond acceptors (Lipinski definition) is 6. The second-order valence-corrected chi connectivity index (χ2v) is 3.07. The molecule has 6 heteroatoms. The molecule has 0 aromatic carbocycles. The first-order chi connectivity index (χ1) is 5.83. The molecule has 0 unspecified atom stereocenters. The van der Waals surface area contributed by atoms with E-state index in [0.717, 1.165) is 24.5 Å². The van der Waals surface area contributed by atoms with E-state index in [2.05, 4.69) is 14.7 Å². The lowest BCUT2D eigenvalue weighted by Crippen LogP contribution is -2.01. The third-order valence-corrected chi connectivity index (χ3v) is 1.99. The maximum Gasteiger partial charge on any atom is 0.233 e. The summed E-state index contributed by atoms with van der Waals surface area (Å²) in [5.74, 6) is 0.310. The monoisotopic (exact) mass is 188 g/mol.